The van der Waals surface area contributed by atoms with Crippen molar-refractivity contribution in [3.63, 3.8) is 0 Å². The summed E-state index contributed by atoms with van der Waals surface area (Å²) in [5.74, 6) is 0. The molecule has 0 saturated heterocycles. The molecule has 0 aromatic carbocycles. The zero-order valence-electron chi connectivity index (χ0n) is 4.61. The molecule has 0 radical (unpaired) electrons. The maximum Gasteiger partial charge on any atom is 0.115 e. The van der Waals surface area contributed by atoms with E-state index in [0.29, 0.717) is 0 Å². The number of hydrogen-bond acceptors (Lipinski definition) is 2. The highest BCUT2D eigenvalue weighted by atomic mass is 35.5. The predicted octanol–water partition coefficient (Wildman–Crippen LogP) is -0.751. The summed E-state index contributed by atoms with van der Waals surface area (Å²) < 4.78 is 0. The van der Waals surface area contributed by atoms with Crippen molar-refractivity contribution < 1.29 is 11.0 Å². The Labute approximate surface area is 59.0 Å². The molecule has 0 atom stereocenters. The average molecular weight is 153 g/mol. The Morgan fingerprint density at radius 3 is 1.44 bits per heavy atom. The Bertz CT molecular complexity index is 88.5. The van der Waals surface area contributed by atoms with Crippen LogP contribution in [0.1, 0.15) is 0 Å². The lowest BCUT2D eigenvalue weighted by Crippen LogP contribution is -1.66. The third-order valence-corrected chi connectivity index (χ3v) is 0.478. The van der Waals surface area contributed by atoms with Crippen LogP contribution in [0.3, 0.4) is 0 Å². The Balaban J connectivity index is -0.000000120. The SMILES string of the molecule is Cl.O.O.c1cncnc1. The Morgan fingerprint density at radius 2 is 1.33 bits per heavy atom. The minimum absolute atomic E-state index is 0. The standard InChI is InChI=1S/C4H4N2.ClH.2H2O/c1-2-5-4-6-3-1;;;/h1-4H;1H;2*1H2. The maximum atomic E-state index is 3.67. The van der Waals surface area contributed by atoms with E-state index in [0.717, 1.165) is 0 Å². The summed E-state index contributed by atoms with van der Waals surface area (Å²) in [6.07, 6.45) is 4.88. The predicted molar refractivity (Wildman–Crippen MR) is 36.5 cm³/mol. The van der Waals surface area contributed by atoms with Gasteiger partial charge in [0.1, 0.15) is 6.33 Å². The van der Waals surface area contributed by atoms with E-state index in [4.69, 9.17) is 0 Å². The van der Waals surface area contributed by atoms with Gasteiger partial charge in [-0.05, 0) is 6.07 Å². The smallest absolute Gasteiger partial charge is 0.115 e. The molecule has 4 N–H and O–H groups in total. The lowest BCUT2D eigenvalue weighted by molar-refractivity contribution is 0.823. The number of nitrogens with zero attached hydrogens (tertiary/aromatic N) is 2. The van der Waals surface area contributed by atoms with Gasteiger partial charge in [-0.15, -0.1) is 12.4 Å². The molecule has 9 heavy (non-hydrogen) atoms. The van der Waals surface area contributed by atoms with Crippen molar-refractivity contribution in [2.45, 2.75) is 0 Å². The molecular formula is C4H9ClN2O2. The van der Waals surface area contributed by atoms with Gasteiger partial charge in [-0.25, -0.2) is 9.97 Å². The van der Waals surface area contributed by atoms with Crippen molar-refractivity contribution in [1.29, 1.82) is 0 Å². The zero-order valence-corrected chi connectivity index (χ0v) is 5.43. The molecule has 0 fully saturated rings. The van der Waals surface area contributed by atoms with E-state index in [2.05, 4.69) is 9.97 Å². The van der Waals surface area contributed by atoms with Crippen molar-refractivity contribution in [2.75, 3.05) is 0 Å². The minimum atomic E-state index is 0. The van der Waals surface area contributed by atoms with Gasteiger partial charge in [0.25, 0.3) is 0 Å². The van der Waals surface area contributed by atoms with Gasteiger partial charge in [-0.3, -0.25) is 0 Å². The van der Waals surface area contributed by atoms with Gasteiger partial charge in [-0.2, -0.15) is 0 Å². The second kappa shape index (κ2) is 10.3. The molecule has 5 heteroatoms. The van der Waals surface area contributed by atoms with Gasteiger partial charge < -0.3 is 11.0 Å². The summed E-state index contributed by atoms with van der Waals surface area (Å²) in [7, 11) is 0. The lowest BCUT2D eigenvalue weighted by Gasteiger charge is -1.70. The van der Waals surface area contributed by atoms with Crippen LogP contribution in [0.5, 0.6) is 0 Å². The summed E-state index contributed by atoms with van der Waals surface area (Å²) >= 11 is 0. The van der Waals surface area contributed by atoms with Gasteiger partial charge in [0, 0.05) is 12.4 Å². The van der Waals surface area contributed by atoms with E-state index in [1.54, 1.807) is 18.5 Å². The highest BCUT2D eigenvalue weighted by Crippen LogP contribution is 1.66. The molecule has 0 unspecified atom stereocenters. The summed E-state index contributed by atoms with van der Waals surface area (Å²) in [6.45, 7) is 0. The fourth-order valence-corrected chi connectivity index (χ4v) is 0.253. The van der Waals surface area contributed by atoms with E-state index >= 15 is 0 Å². The molecule has 0 amide bonds. The van der Waals surface area contributed by atoms with Crippen LogP contribution in [0.15, 0.2) is 24.8 Å². The largest absolute Gasteiger partial charge is 0.412 e. The zero-order chi connectivity index (χ0) is 4.24. The Morgan fingerprint density at radius 1 is 0.889 bits per heavy atom. The van der Waals surface area contributed by atoms with E-state index < -0.39 is 0 Å². The van der Waals surface area contributed by atoms with Crippen molar-refractivity contribution in [1.82, 2.24) is 9.97 Å². The van der Waals surface area contributed by atoms with Gasteiger partial charge in [0.05, 0.1) is 0 Å². The maximum absolute atomic E-state index is 3.67. The van der Waals surface area contributed by atoms with Crippen LogP contribution in [0.25, 0.3) is 0 Å². The molecule has 0 aliphatic rings. The molecule has 1 aromatic rings. The molecule has 0 aliphatic carbocycles. The molecule has 1 heterocycles. The van der Waals surface area contributed by atoms with Gasteiger partial charge in [-0.1, -0.05) is 0 Å². The van der Waals surface area contributed by atoms with E-state index in [1.807, 2.05) is 0 Å². The highest BCUT2D eigenvalue weighted by Gasteiger charge is 1.59. The van der Waals surface area contributed by atoms with Crippen molar-refractivity contribution in [3.8, 4) is 0 Å². The van der Waals surface area contributed by atoms with Gasteiger partial charge >= 0.3 is 0 Å². The number of halogens is 1. The topological polar surface area (TPSA) is 88.8 Å². The van der Waals surface area contributed by atoms with Crippen molar-refractivity contribution in [2.24, 2.45) is 0 Å². The summed E-state index contributed by atoms with van der Waals surface area (Å²) in [4.78, 5) is 7.35. The van der Waals surface area contributed by atoms with Gasteiger partial charge in [0.2, 0.25) is 0 Å². The Kier molecular flexibility index (Phi) is 18.0. The van der Waals surface area contributed by atoms with E-state index in [-0.39, 0.29) is 23.4 Å². The van der Waals surface area contributed by atoms with Crippen molar-refractivity contribution >= 4 is 12.4 Å². The number of aromatic nitrogens is 2. The van der Waals surface area contributed by atoms with Crippen LogP contribution in [0.2, 0.25) is 0 Å². The second-order valence-corrected chi connectivity index (χ2v) is 0.904. The van der Waals surface area contributed by atoms with Gasteiger partial charge in [0.15, 0.2) is 0 Å². The molecular weight excluding hydrogens is 144 g/mol. The first-order valence-corrected chi connectivity index (χ1v) is 1.70. The molecule has 0 spiro atoms. The number of hydrogen-bond donors (Lipinski definition) is 0. The average Bonchev–Trinajstić information content (AvgIpc) is 1.72. The molecule has 0 aliphatic heterocycles. The van der Waals surface area contributed by atoms with Crippen LogP contribution < -0.4 is 0 Å². The molecule has 1 aromatic heterocycles. The van der Waals surface area contributed by atoms with Crippen LogP contribution in [-0.4, -0.2) is 20.9 Å². The molecule has 1 rings (SSSR count). The third-order valence-electron chi connectivity index (χ3n) is 0.478. The van der Waals surface area contributed by atoms with Crippen LogP contribution >= 0.6 is 12.4 Å². The minimum Gasteiger partial charge on any atom is -0.412 e. The second-order valence-electron chi connectivity index (χ2n) is 0.904. The fraction of sp³-hybridized carbons (Fsp3) is 0. The Hall–Kier alpha value is -0.710. The summed E-state index contributed by atoms with van der Waals surface area (Å²) in [6, 6.07) is 1.78. The monoisotopic (exact) mass is 152 g/mol. The first-order chi connectivity index (χ1) is 3.00. The van der Waals surface area contributed by atoms with Crippen molar-refractivity contribution in [3.05, 3.63) is 24.8 Å². The molecule has 0 bridgehead atoms. The summed E-state index contributed by atoms with van der Waals surface area (Å²) in [5.41, 5.74) is 0. The van der Waals surface area contributed by atoms with Crippen LogP contribution in [0, 0.1) is 0 Å². The first-order valence-electron chi connectivity index (χ1n) is 1.70. The fourth-order valence-electron chi connectivity index (χ4n) is 0.253. The van der Waals surface area contributed by atoms with Crippen LogP contribution in [0.4, 0.5) is 0 Å². The lowest BCUT2D eigenvalue weighted by atomic mass is 10.7. The molecule has 54 valence electrons. The normalized spacial score (nSPS) is 5.33. The summed E-state index contributed by atoms with van der Waals surface area (Å²) in [5, 5.41) is 0. The van der Waals surface area contributed by atoms with E-state index in [9.17, 15) is 0 Å². The first kappa shape index (κ1) is 15.7. The van der Waals surface area contributed by atoms with Crippen LogP contribution in [-0.2, 0) is 0 Å². The number of rotatable bonds is 0. The molecule has 4 nitrogen and oxygen atoms in total. The highest BCUT2D eigenvalue weighted by molar-refractivity contribution is 5.85. The molecule has 0 saturated carbocycles. The quantitative estimate of drug-likeness (QED) is 0.490. The third kappa shape index (κ3) is 7.29. The van der Waals surface area contributed by atoms with E-state index in [1.165, 1.54) is 6.33 Å².